The van der Waals surface area contributed by atoms with Crippen molar-refractivity contribution >= 4 is 11.8 Å². The van der Waals surface area contributed by atoms with E-state index < -0.39 is 5.60 Å². The van der Waals surface area contributed by atoms with Crippen LogP contribution in [0.3, 0.4) is 0 Å². The molecule has 3 fully saturated rings. The number of amides is 2. The number of rotatable bonds is 2. The van der Waals surface area contributed by atoms with E-state index in [0.29, 0.717) is 37.1 Å². The molecule has 0 N–H and O–H groups in total. The molecule has 6 heteroatoms. The predicted octanol–water partition coefficient (Wildman–Crippen LogP) is 3.25. The van der Waals surface area contributed by atoms with Gasteiger partial charge in [0.05, 0.1) is 23.2 Å². The Labute approximate surface area is 175 Å². The van der Waals surface area contributed by atoms with E-state index in [-0.39, 0.29) is 24.1 Å². The van der Waals surface area contributed by atoms with E-state index in [4.69, 9.17) is 4.74 Å². The van der Waals surface area contributed by atoms with E-state index in [1.807, 2.05) is 23.1 Å². The van der Waals surface area contributed by atoms with Gasteiger partial charge in [-0.15, -0.1) is 0 Å². The number of benzene rings is 2. The largest absolute Gasteiger partial charge is 0.342 e. The summed E-state index contributed by atoms with van der Waals surface area (Å²) in [6, 6.07) is 19.1. The zero-order valence-corrected chi connectivity index (χ0v) is 16.7. The lowest BCUT2D eigenvalue weighted by atomic mass is 9.89. The highest BCUT2D eigenvalue weighted by atomic mass is 16.6. The van der Waals surface area contributed by atoms with Gasteiger partial charge in [-0.2, -0.15) is 5.26 Å². The van der Waals surface area contributed by atoms with Gasteiger partial charge in [0, 0.05) is 25.9 Å². The van der Waals surface area contributed by atoms with E-state index >= 15 is 0 Å². The number of hydrogen-bond acceptors (Lipinski definition) is 4. The van der Waals surface area contributed by atoms with E-state index in [0.717, 1.165) is 18.4 Å². The maximum atomic E-state index is 13.4. The van der Waals surface area contributed by atoms with Crippen LogP contribution in [-0.2, 0) is 9.53 Å². The smallest absolute Gasteiger partial charge is 0.257 e. The van der Waals surface area contributed by atoms with Gasteiger partial charge in [0.25, 0.3) is 11.8 Å². The molecule has 2 atom stereocenters. The number of likely N-dealkylation sites (tertiary alicyclic amines) is 1. The fourth-order valence-electron chi connectivity index (χ4n) is 5.06. The first-order valence-electron chi connectivity index (χ1n) is 10.5. The van der Waals surface area contributed by atoms with Crippen LogP contribution in [-0.4, -0.2) is 46.5 Å². The van der Waals surface area contributed by atoms with Crippen LogP contribution in [0.2, 0.25) is 0 Å². The Morgan fingerprint density at radius 2 is 1.73 bits per heavy atom. The quantitative estimate of drug-likeness (QED) is 0.774. The first-order valence-corrected chi connectivity index (χ1v) is 10.5. The lowest BCUT2D eigenvalue weighted by Crippen LogP contribution is -2.51. The molecule has 1 spiro atoms. The number of nitrogens with zero attached hydrogens (tertiary/aromatic N) is 3. The van der Waals surface area contributed by atoms with Crippen molar-refractivity contribution in [2.75, 3.05) is 13.1 Å². The summed E-state index contributed by atoms with van der Waals surface area (Å²) >= 11 is 0. The molecule has 152 valence electrons. The van der Waals surface area contributed by atoms with Crippen LogP contribution in [0.4, 0.5) is 0 Å². The third-order valence-corrected chi connectivity index (χ3v) is 6.64. The molecule has 2 amide bonds. The number of carbonyl (C=O) groups excluding carboxylic acids is 2. The summed E-state index contributed by atoms with van der Waals surface area (Å²) in [5.41, 5.74) is 1.11. The highest BCUT2D eigenvalue weighted by Gasteiger charge is 2.58. The fraction of sp³-hybridized carbons (Fsp3) is 0.375. The number of carbonyl (C=O) groups is 2. The van der Waals surface area contributed by atoms with Crippen molar-refractivity contribution in [2.24, 2.45) is 0 Å². The van der Waals surface area contributed by atoms with Crippen molar-refractivity contribution < 1.29 is 14.3 Å². The molecular formula is C24H23N3O3. The Morgan fingerprint density at radius 3 is 2.47 bits per heavy atom. The number of piperidine rings is 1. The van der Waals surface area contributed by atoms with Crippen molar-refractivity contribution in [1.29, 1.82) is 5.26 Å². The molecule has 3 aliphatic rings. The standard InChI is InChI=1S/C24H23N3O3/c25-16-18-8-4-5-9-19(18)22(28)26-14-12-24(13-15-26)23(29)27-20(10-11-21(27)30-24)17-6-2-1-3-7-17/h1-9,20-21H,10-15H2. The monoisotopic (exact) mass is 401 g/mol. The molecule has 3 aliphatic heterocycles. The van der Waals surface area contributed by atoms with Gasteiger partial charge in [0.2, 0.25) is 0 Å². The number of ether oxygens (including phenoxy) is 1. The Balaban J connectivity index is 1.31. The fourth-order valence-corrected chi connectivity index (χ4v) is 5.06. The molecular weight excluding hydrogens is 378 g/mol. The van der Waals surface area contributed by atoms with Gasteiger partial charge >= 0.3 is 0 Å². The van der Waals surface area contributed by atoms with Crippen LogP contribution in [0.25, 0.3) is 0 Å². The molecule has 3 heterocycles. The zero-order valence-electron chi connectivity index (χ0n) is 16.7. The van der Waals surface area contributed by atoms with Crippen LogP contribution in [0.15, 0.2) is 54.6 Å². The lowest BCUT2D eigenvalue weighted by Gasteiger charge is -2.37. The average Bonchev–Trinajstić information content (AvgIpc) is 3.32. The molecule has 3 saturated heterocycles. The Kier molecular flexibility index (Phi) is 4.56. The first kappa shape index (κ1) is 18.8. The van der Waals surface area contributed by atoms with Crippen LogP contribution < -0.4 is 0 Å². The molecule has 5 rings (SSSR count). The molecule has 0 saturated carbocycles. The lowest BCUT2D eigenvalue weighted by molar-refractivity contribution is -0.142. The van der Waals surface area contributed by atoms with Crippen LogP contribution in [0.1, 0.15) is 53.2 Å². The summed E-state index contributed by atoms with van der Waals surface area (Å²) < 4.78 is 6.34. The second-order valence-electron chi connectivity index (χ2n) is 8.23. The van der Waals surface area contributed by atoms with E-state index in [2.05, 4.69) is 18.2 Å². The molecule has 0 bridgehead atoms. The second-order valence-corrected chi connectivity index (χ2v) is 8.23. The highest BCUT2D eigenvalue weighted by molar-refractivity contribution is 5.97. The third-order valence-electron chi connectivity index (χ3n) is 6.64. The van der Waals surface area contributed by atoms with Crippen molar-refractivity contribution in [3.8, 4) is 6.07 Å². The third kappa shape index (κ3) is 2.89. The molecule has 2 aromatic carbocycles. The van der Waals surface area contributed by atoms with Gasteiger partial charge in [0.15, 0.2) is 5.60 Å². The topological polar surface area (TPSA) is 73.6 Å². The zero-order chi connectivity index (χ0) is 20.7. The maximum Gasteiger partial charge on any atom is 0.257 e. The Bertz CT molecular complexity index is 1020. The minimum Gasteiger partial charge on any atom is -0.342 e. The molecule has 2 unspecified atom stereocenters. The van der Waals surface area contributed by atoms with Crippen LogP contribution in [0.5, 0.6) is 0 Å². The van der Waals surface area contributed by atoms with E-state index in [1.165, 1.54) is 0 Å². The molecule has 2 aromatic rings. The number of nitriles is 1. The van der Waals surface area contributed by atoms with Gasteiger partial charge in [0.1, 0.15) is 6.23 Å². The number of hydrogen-bond donors (Lipinski definition) is 0. The maximum absolute atomic E-state index is 13.4. The second kappa shape index (κ2) is 7.26. The summed E-state index contributed by atoms with van der Waals surface area (Å²) in [7, 11) is 0. The highest BCUT2D eigenvalue weighted by Crippen LogP contribution is 2.47. The molecule has 0 radical (unpaired) electrons. The van der Waals surface area contributed by atoms with Crippen molar-refractivity contribution in [2.45, 2.75) is 43.6 Å². The predicted molar refractivity (Wildman–Crippen MR) is 109 cm³/mol. The normalized spacial score (nSPS) is 24.7. The van der Waals surface area contributed by atoms with E-state index in [1.54, 1.807) is 29.2 Å². The van der Waals surface area contributed by atoms with Crippen molar-refractivity contribution in [3.05, 3.63) is 71.3 Å². The van der Waals surface area contributed by atoms with Crippen LogP contribution in [0, 0.1) is 11.3 Å². The minimum atomic E-state index is -0.830. The molecule has 30 heavy (non-hydrogen) atoms. The Morgan fingerprint density at radius 1 is 1.03 bits per heavy atom. The number of fused-ring (bicyclic) bond motifs is 1. The summed E-state index contributed by atoms with van der Waals surface area (Å²) in [5, 5.41) is 9.29. The summed E-state index contributed by atoms with van der Waals surface area (Å²) in [6.07, 6.45) is 2.54. The van der Waals surface area contributed by atoms with E-state index in [9.17, 15) is 14.9 Å². The van der Waals surface area contributed by atoms with Gasteiger partial charge < -0.3 is 14.5 Å². The molecule has 6 nitrogen and oxygen atoms in total. The summed E-state index contributed by atoms with van der Waals surface area (Å²) in [6.45, 7) is 0.891. The van der Waals surface area contributed by atoms with Gasteiger partial charge in [-0.3, -0.25) is 9.59 Å². The van der Waals surface area contributed by atoms with Crippen molar-refractivity contribution in [3.63, 3.8) is 0 Å². The summed E-state index contributed by atoms with van der Waals surface area (Å²) in [4.78, 5) is 30.0. The molecule has 0 aliphatic carbocycles. The molecule has 0 aromatic heterocycles. The van der Waals surface area contributed by atoms with Gasteiger partial charge in [-0.25, -0.2) is 0 Å². The SMILES string of the molecule is N#Cc1ccccc1C(=O)N1CCC2(CC1)OC1CCC(c3ccccc3)N1C2=O. The Hall–Kier alpha value is -3.17. The summed E-state index contributed by atoms with van der Waals surface area (Å²) in [5.74, 6) is -0.0986. The van der Waals surface area contributed by atoms with Crippen LogP contribution >= 0.6 is 0 Å². The van der Waals surface area contributed by atoms with Crippen molar-refractivity contribution in [1.82, 2.24) is 9.80 Å². The van der Waals surface area contributed by atoms with Gasteiger partial charge in [-0.05, 0) is 30.5 Å². The average molecular weight is 401 g/mol. The minimum absolute atomic E-state index is 0.0587. The first-order chi connectivity index (χ1) is 14.6. The van der Waals surface area contributed by atoms with Gasteiger partial charge in [-0.1, -0.05) is 42.5 Å².